The average Bonchev–Trinajstić information content (AvgIpc) is 2.68. The number of rotatable bonds is 5. The van der Waals surface area contributed by atoms with E-state index in [0.717, 1.165) is 3.57 Å². The first kappa shape index (κ1) is 19.9. The highest BCUT2D eigenvalue weighted by molar-refractivity contribution is 14.1. The molecule has 9 heteroatoms. The van der Waals surface area contributed by atoms with Crippen LogP contribution in [0.15, 0.2) is 42.7 Å². The maximum absolute atomic E-state index is 14.1. The molecule has 0 aliphatic rings. The first-order chi connectivity index (χ1) is 13.4. The smallest absolute Gasteiger partial charge is 0.340 e. The first-order valence-electron chi connectivity index (χ1n) is 8.07. The minimum atomic E-state index is -0.633. The van der Waals surface area contributed by atoms with Crippen LogP contribution in [0.5, 0.6) is 0 Å². The second kappa shape index (κ2) is 8.46. The lowest BCUT2D eigenvalue weighted by Gasteiger charge is -2.13. The van der Waals surface area contributed by atoms with Crippen LogP contribution in [0.1, 0.15) is 21.6 Å². The van der Waals surface area contributed by atoms with Crippen molar-refractivity contribution in [3.8, 4) is 0 Å². The van der Waals surface area contributed by atoms with Crippen LogP contribution in [0, 0.1) is 15.2 Å². The van der Waals surface area contributed by atoms with Crippen molar-refractivity contribution in [1.29, 1.82) is 0 Å². The molecule has 0 bridgehead atoms. The lowest BCUT2D eigenvalue weighted by atomic mass is 10.1. The Bertz CT molecular complexity index is 1050. The summed E-state index contributed by atoms with van der Waals surface area (Å²) < 4.78 is 33.8. The molecule has 0 amide bonds. The van der Waals surface area contributed by atoms with E-state index < -0.39 is 17.6 Å². The molecule has 28 heavy (non-hydrogen) atoms. The average molecular weight is 496 g/mol. The number of nitrogens with one attached hydrogen (secondary N) is 1. The van der Waals surface area contributed by atoms with Crippen molar-refractivity contribution in [3.05, 3.63) is 74.8 Å². The van der Waals surface area contributed by atoms with Crippen LogP contribution in [0.2, 0.25) is 0 Å². The Morgan fingerprint density at radius 3 is 2.71 bits per heavy atom. The van der Waals surface area contributed by atoms with Crippen LogP contribution in [0.4, 0.5) is 26.0 Å². The molecule has 0 saturated heterocycles. The normalized spacial score (nSPS) is 10.6. The molecule has 3 rings (SSSR count). The maximum atomic E-state index is 14.1. The summed E-state index contributed by atoms with van der Waals surface area (Å²) in [5.74, 6) is -1.95. The molecule has 0 aliphatic heterocycles. The van der Waals surface area contributed by atoms with Gasteiger partial charge in [-0.1, -0.05) is 0 Å². The van der Waals surface area contributed by atoms with Crippen molar-refractivity contribution in [2.75, 3.05) is 18.2 Å². The van der Waals surface area contributed by atoms with Gasteiger partial charge in [-0.15, -0.1) is 0 Å². The SMILES string of the molecule is COC(=O)c1cc(Cc2ccnc(N)c2F)ncc1Nc1ccc(I)cc1F. The Balaban J connectivity index is 1.95. The van der Waals surface area contributed by atoms with E-state index in [1.807, 2.05) is 22.6 Å². The summed E-state index contributed by atoms with van der Waals surface area (Å²) in [6.07, 6.45) is 2.87. The zero-order chi connectivity index (χ0) is 20.3. The van der Waals surface area contributed by atoms with Gasteiger partial charge in [0.1, 0.15) is 5.82 Å². The zero-order valence-corrected chi connectivity index (χ0v) is 16.8. The summed E-state index contributed by atoms with van der Waals surface area (Å²) in [7, 11) is 1.24. The lowest BCUT2D eigenvalue weighted by molar-refractivity contribution is 0.0601. The second-order valence-corrected chi connectivity index (χ2v) is 7.05. The predicted molar refractivity (Wildman–Crippen MR) is 109 cm³/mol. The number of anilines is 3. The molecular formula is C19H15F2IN4O2. The molecule has 144 valence electrons. The van der Waals surface area contributed by atoms with Gasteiger partial charge in [0, 0.05) is 21.9 Å². The summed E-state index contributed by atoms with van der Waals surface area (Å²) >= 11 is 2.00. The monoisotopic (exact) mass is 496 g/mol. The van der Waals surface area contributed by atoms with Crippen molar-refractivity contribution < 1.29 is 18.3 Å². The van der Waals surface area contributed by atoms with Crippen molar-refractivity contribution in [3.63, 3.8) is 0 Å². The molecule has 6 nitrogen and oxygen atoms in total. The fourth-order valence-electron chi connectivity index (χ4n) is 2.54. The first-order valence-corrected chi connectivity index (χ1v) is 9.15. The number of nitrogen functional groups attached to an aromatic ring is 1. The van der Waals surface area contributed by atoms with Crippen molar-refractivity contribution >= 4 is 45.8 Å². The van der Waals surface area contributed by atoms with E-state index in [4.69, 9.17) is 10.5 Å². The number of ether oxygens (including phenoxy) is 1. The standard InChI is InChI=1S/C19H15F2IN4O2/c1-28-19(27)13-8-12(6-10-4-5-24-18(23)17(10)21)25-9-16(13)26-15-3-2-11(22)7-14(15)20/h2-5,7-9,26H,6H2,1H3,(H2,23,24). The minimum Gasteiger partial charge on any atom is -0.465 e. The molecule has 0 fully saturated rings. The molecule has 2 heterocycles. The van der Waals surface area contributed by atoms with Crippen LogP contribution >= 0.6 is 22.6 Å². The summed E-state index contributed by atoms with van der Waals surface area (Å²) in [5, 5.41) is 2.85. The van der Waals surface area contributed by atoms with E-state index in [0.29, 0.717) is 11.3 Å². The topological polar surface area (TPSA) is 90.1 Å². The van der Waals surface area contributed by atoms with Gasteiger partial charge in [-0.05, 0) is 58.5 Å². The Labute approximate surface area is 173 Å². The fourth-order valence-corrected chi connectivity index (χ4v) is 3.00. The van der Waals surface area contributed by atoms with Crippen LogP contribution in [-0.4, -0.2) is 23.0 Å². The number of halogens is 3. The third kappa shape index (κ3) is 4.35. The number of esters is 1. The van der Waals surface area contributed by atoms with Crippen LogP contribution < -0.4 is 11.1 Å². The van der Waals surface area contributed by atoms with Crippen molar-refractivity contribution in [1.82, 2.24) is 9.97 Å². The van der Waals surface area contributed by atoms with E-state index in [9.17, 15) is 13.6 Å². The number of nitrogens with two attached hydrogens (primary N) is 1. The van der Waals surface area contributed by atoms with Gasteiger partial charge < -0.3 is 15.8 Å². The molecule has 0 aliphatic carbocycles. The van der Waals surface area contributed by atoms with E-state index in [-0.39, 0.29) is 29.2 Å². The number of benzene rings is 1. The molecule has 0 saturated carbocycles. The van der Waals surface area contributed by atoms with Gasteiger partial charge in [0.15, 0.2) is 11.6 Å². The van der Waals surface area contributed by atoms with E-state index >= 15 is 0 Å². The highest BCUT2D eigenvalue weighted by atomic mass is 127. The van der Waals surface area contributed by atoms with Crippen LogP contribution in [0.25, 0.3) is 0 Å². The summed E-state index contributed by atoms with van der Waals surface area (Å²) in [5.41, 5.74) is 6.79. The van der Waals surface area contributed by atoms with Gasteiger partial charge in [0.2, 0.25) is 0 Å². The summed E-state index contributed by atoms with van der Waals surface area (Å²) in [6, 6.07) is 7.59. The van der Waals surface area contributed by atoms with Gasteiger partial charge >= 0.3 is 5.97 Å². The number of carbonyl (C=O) groups is 1. The Hall–Kier alpha value is -2.82. The van der Waals surface area contributed by atoms with Crippen LogP contribution in [-0.2, 0) is 11.2 Å². The second-order valence-electron chi connectivity index (χ2n) is 5.81. The quantitative estimate of drug-likeness (QED) is 0.409. The lowest BCUT2D eigenvalue weighted by Crippen LogP contribution is -2.09. The molecule has 3 N–H and O–H groups in total. The van der Waals surface area contributed by atoms with E-state index in [2.05, 4.69) is 15.3 Å². The van der Waals surface area contributed by atoms with Crippen molar-refractivity contribution in [2.45, 2.75) is 6.42 Å². The molecule has 0 unspecified atom stereocenters. The minimum absolute atomic E-state index is 0.0979. The highest BCUT2D eigenvalue weighted by Gasteiger charge is 2.17. The number of nitrogens with zero attached hydrogens (tertiary/aromatic N) is 2. The maximum Gasteiger partial charge on any atom is 0.340 e. The van der Waals surface area contributed by atoms with Gasteiger partial charge in [-0.3, -0.25) is 4.98 Å². The molecule has 3 aromatic rings. The van der Waals surface area contributed by atoms with E-state index in [1.54, 1.807) is 12.1 Å². The number of pyridine rings is 2. The molecule has 2 aromatic heterocycles. The van der Waals surface area contributed by atoms with Crippen molar-refractivity contribution in [2.24, 2.45) is 0 Å². The molecule has 0 spiro atoms. The summed E-state index contributed by atoms with van der Waals surface area (Å²) in [4.78, 5) is 20.1. The third-order valence-corrected chi connectivity index (χ3v) is 4.61. The number of hydrogen-bond acceptors (Lipinski definition) is 6. The number of aromatic nitrogens is 2. The molecular weight excluding hydrogens is 481 g/mol. The fraction of sp³-hybridized carbons (Fsp3) is 0.105. The zero-order valence-electron chi connectivity index (χ0n) is 14.7. The molecule has 1 aromatic carbocycles. The van der Waals surface area contributed by atoms with Gasteiger partial charge in [-0.2, -0.15) is 0 Å². The number of carbonyl (C=O) groups excluding carboxylic acids is 1. The van der Waals surface area contributed by atoms with Gasteiger partial charge in [0.25, 0.3) is 0 Å². The third-order valence-electron chi connectivity index (χ3n) is 3.93. The highest BCUT2D eigenvalue weighted by Crippen LogP contribution is 2.26. The summed E-state index contributed by atoms with van der Waals surface area (Å²) in [6.45, 7) is 0. The molecule has 0 radical (unpaired) electrons. The number of methoxy groups -OCH3 is 1. The predicted octanol–water partition coefficient (Wildman–Crippen LogP) is 4.06. The van der Waals surface area contributed by atoms with Gasteiger partial charge in [0.05, 0.1) is 30.2 Å². The Kier molecular flexibility index (Phi) is 6.02. The van der Waals surface area contributed by atoms with Crippen LogP contribution in [0.3, 0.4) is 0 Å². The Morgan fingerprint density at radius 1 is 1.21 bits per heavy atom. The van der Waals surface area contributed by atoms with E-state index in [1.165, 1.54) is 37.7 Å². The van der Waals surface area contributed by atoms with Gasteiger partial charge in [-0.25, -0.2) is 18.6 Å². The Morgan fingerprint density at radius 2 is 2.00 bits per heavy atom. The largest absolute Gasteiger partial charge is 0.465 e. The number of hydrogen-bond donors (Lipinski definition) is 2. The molecule has 0 atom stereocenters.